The molecule has 0 bridgehead atoms. The predicted molar refractivity (Wildman–Crippen MR) is 129 cm³/mol. The summed E-state index contributed by atoms with van der Waals surface area (Å²) in [6.45, 7) is -0.310. The number of aliphatic carboxylic acids is 1. The minimum absolute atomic E-state index is 0.243. The fourth-order valence-corrected chi connectivity index (χ4v) is 4.49. The van der Waals surface area contributed by atoms with E-state index in [1.165, 1.54) is 5.56 Å². The normalized spacial score (nSPS) is 15.4. The van der Waals surface area contributed by atoms with Crippen molar-refractivity contribution in [2.45, 2.75) is 44.1 Å². The summed E-state index contributed by atoms with van der Waals surface area (Å²) in [6, 6.07) is 26.2. The third kappa shape index (κ3) is 6.01. The fraction of sp³-hybridized carbons (Fsp3) is 0.286. The fourth-order valence-electron chi connectivity index (χ4n) is 4.49. The Morgan fingerprint density at radius 1 is 1.00 bits per heavy atom. The van der Waals surface area contributed by atoms with Crippen LogP contribution in [0.2, 0.25) is 0 Å². The van der Waals surface area contributed by atoms with Gasteiger partial charge in [0.25, 0.3) is 0 Å². The molecule has 0 saturated carbocycles. The van der Waals surface area contributed by atoms with Crippen LogP contribution in [0, 0.1) is 0 Å². The molecule has 0 spiro atoms. The van der Waals surface area contributed by atoms with Gasteiger partial charge in [0.05, 0.1) is 0 Å². The molecule has 1 aliphatic rings. The van der Waals surface area contributed by atoms with Crippen molar-refractivity contribution in [3.05, 3.63) is 101 Å². The van der Waals surface area contributed by atoms with Crippen LogP contribution >= 0.6 is 0 Å². The maximum Gasteiger partial charge on any atom is 0.341 e. The quantitative estimate of drug-likeness (QED) is 0.302. The van der Waals surface area contributed by atoms with Crippen molar-refractivity contribution in [1.82, 2.24) is 0 Å². The molecular weight excluding hydrogens is 414 g/mol. The first-order valence-electron chi connectivity index (χ1n) is 11.5. The Morgan fingerprint density at radius 2 is 1.70 bits per heavy atom. The molecular formula is C28H29NO4. The monoisotopic (exact) mass is 443 g/mol. The highest BCUT2D eigenvalue weighted by molar-refractivity contribution is 5.68. The Morgan fingerprint density at radius 3 is 2.36 bits per heavy atom. The summed E-state index contributed by atoms with van der Waals surface area (Å²) in [5.74, 6) is 0.151. The van der Waals surface area contributed by atoms with Crippen molar-refractivity contribution in [2.24, 2.45) is 5.16 Å². The van der Waals surface area contributed by atoms with E-state index in [1.54, 1.807) is 0 Å². The molecule has 0 radical (unpaired) electrons. The third-order valence-corrected chi connectivity index (χ3v) is 6.03. The Kier molecular flexibility index (Phi) is 7.75. The van der Waals surface area contributed by atoms with Gasteiger partial charge >= 0.3 is 5.97 Å². The second kappa shape index (κ2) is 11.3. The Balaban J connectivity index is 1.38. The number of hydrogen-bond donors (Lipinski definition) is 1. The van der Waals surface area contributed by atoms with Gasteiger partial charge in [-0.1, -0.05) is 78.0 Å². The van der Waals surface area contributed by atoms with Gasteiger partial charge in [0, 0.05) is 6.21 Å². The summed E-state index contributed by atoms with van der Waals surface area (Å²) in [5.41, 5.74) is 4.55. The largest absolute Gasteiger partial charge is 0.482 e. The van der Waals surface area contributed by atoms with Gasteiger partial charge in [-0.2, -0.15) is 0 Å². The van der Waals surface area contributed by atoms with Gasteiger partial charge in [-0.15, -0.1) is 0 Å². The Hall–Kier alpha value is -3.60. The molecule has 0 aliphatic heterocycles. The van der Waals surface area contributed by atoms with Crippen molar-refractivity contribution in [3.63, 3.8) is 0 Å². The van der Waals surface area contributed by atoms with Crippen molar-refractivity contribution in [2.75, 3.05) is 6.61 Å². The molecule has 1 aliphatic carbocycles. The SMILES string of the molecule is O=C(O)COc1cccc2c1CCCC2CC/C=N/OC(c1ccccc1)c1ccccc1. The number of oxime groups is 1. The zero-order chi connectivity index (χ0) is 22.9. The lowest BCUT2D eigenvalue weighted by Crippen LogP contribution is -2.15. The number of carboxylic acid groups (broad SMARTS) is 1. The van der Waals surface area contributed by atoms with Gasteiger partial charge in [-0.25, -0.2) is 4.79 Å². The summed E-state index contributed by atoms with van der Waals surface area (Å²) < 4.78 is 5.52. The van der Waals surface area contributed by atoms with Crippen molar-refractivity contribution < 1.29 is 19.5 Å². The maximum absolute atomic E-state index is 10.9. The first kappa shape index (κ1) is 22.6. The molecule has 5 heteroatoms. The van der Waals surface area contributed by atoms with E-state index >= 15 is 0 Å². The van der Waals surface area contributed by atoms with Crippen LogP contribution in [-0.4, -0.2) is 23.9 Å². The lowest BCUT2D eigenvalue weighted by molar-refractivity contribution is -0.139. The van der Waals surface area contributed by atoms with Crippen LogP contribution in [0.1, 0.15) is 60.0 Å². The van der Waals surface area contributed by atoms with Gasteiger partial charge in [-0.05, 0) is 66.3 Å². The molecule has 0 fully saturated rings. The van der Waals surface area contributed by atoms with E-state index in [0.717, 1.165) is 48.8 Å². The molecule has 3 aromatic rings. The van der Waals surface area contributed by atoms with Gasteiger partial charge in [-0.3, -0.25) is 0 Å². The zero-order valence-electron chi connectivity index (χ0n) is 18.6. The molecule has 0 heterocycles. The van der Waals surface area contributed by atoms with E-state index in [1.807, 2.05) is 54.7 Å². The van der Waals surface area contributed by atoms with Crippen LogP contribution in [0.15, 0.2) is 84.0 Å². The van der Waals surface area contributed by atoms with E-state index in [2.05, 4.69) is 35.5 Å². The lowest BCUT2D eigenvalue weighted by atomic mass is 9.80. The molecule has 33 heavy (non-hydrogen) atoms. The first-order valence-corrected chi connectivity index (χ1v) is 11.5. The first-order chi connectivity index (χ1) is 16.2. The van der Waals surface area contributed by atoms with Gasteiger partial charge in [0.15, 0.2) is 12.7 Å². The molecule has 3 aromatic carbocycles. The average Bonchev–Trinajstić information content (AvgIpc) is 2.86. The zero-order valence-corrected chi connectivity index (χ0v) is 18.6. The van der Waals surface area contributed by atoms with Crippen LogP contribution in [0.4, 0.5) is 0 Å². The summed E-state index contributed by atoms with van der Waals surface area (Å²) in [6.07, 6.45) is 6.49. The second-order valence-corrected chi connectivity index (χ2v) is 8.27. The van der Waals surface area contributed by atoms with E-state index in [-0.39, 0.29) is 12.7 Å². The highest BCUT2D eigenvalue weighted by Crippen LogP contribution is 2.39. The topological polar surface area (TPSA) is 68.1 Å². The highest BCUT2D eigenvalue weighted by Gasteiger charge is 2.23. The standard InChI is InChI=1S/C28H29NO4/c30-27(31)20-32-26-18-8-16-24-21(14-7-17-25(24)26)15-9-19-29-33-28(22-10-3-1-4-11-22)23-12-5-2-6-13-23/h1-6,8,10-13,16,18-19,21,28H,7,9,14-15,17,20H2,(H,30,31)/b29-19+. The summed E-state index contributed by atoms with van der Waals surface area (Å²) in [7, 11) is 0. The van der Waals surface area contributed by atoms with Crippen LogP contribution in [0.25, 0.3) is 0 Å². The number of benzene rings is 3. The molecule has 5 nitrogen and oxygen atoms in total. The lowest BCUT2D eigenvalue weighted by Gasteiger charge is -2.26. The number of carboxylic acids is 1. The van der Waals surface area contributed by atoms with Crippen LogP contribution < -0.4 is 4.74 Å². The number of fused-ring (bicyclic) bond motifs is 1. The smallest absolute Gasteiger partial charge is 0.341 e. The van der Waals surface area contributed by atoms with Gasteiger partial charge < -0.3 is 14.7 Å². The third-order valence-electron chi connectivity index (χ3n) is 6.03. The van der Waals surface area contributed by atoms with Gasteiger partial charge in [0.2, 0.25) is 0 Å². The average molecular weight is 444 g/mol. The van der Waals surface area contributed by atoms with Crippen molar-refractivity contribution in [1.29, 1.82) is 0 Å². The summed E-state index contributed by atoms with van der Waals surface area (Å²) >= 11 is 0. The summed E-state index contributed by atoms with van der Waals surface area (Å²) in [4.78, 5) is 16.8. The minimum Gasteiger partial charge on any atom is -0.482 e. The molecule has 1 N–H and O–H groups in total. The number of hydrogen-bond acceptors (Lipinski definition) is 4. The number of nitrogens with zero attached hydrogens (tertiary/aromatic N) is 1. The second-order valence-electron chi connectivity index (χ2n) is 8.27. The van der Waals surface area contributed by atoms with E-state index < -0.39 is 5.97 Å². The molecule has 0 aromatic heterocycles. The highest BCUT2D eigenvalue weighted by atomic mass is 16.6. The number of carbonyl (C=O) groups is 1. The molecule has 0 amide bonds. The Labute approximate surface area is 194 Å². The van der Waals surface area contributed by atoms with Crippen LogP contribution in [0.5, 0.6) is 5.75 Å². The number of rotatable bonds is 10. The van der Waals surface area contributed by atoms with Crippen LogP contribution in [-0.2, 0) is 16.1 Å². The van der Waals surface area contributed by atoms with Gasteiger partial charge in [0.1, 0.15) is 5.75 Å². The van der Waals surface area contributed by atoms with E-state index in [9.17, 15) is 4.79 Å². The van der Waals surface area contributed by atoms with Crippen molar-refractivity contribution >= 4 is 12.2 Å². The number of ether oxygens (including phenoxy) is 1. The van der Waals surface area contributed by atoms with Crippen molar-refractivity contribution in [3.8, 4) is 5.75 Å². The minimum atomic E-state index is -0.958. The van der Waals surface area contributed by atoms with E-state index in [4.69, 9.17) is 14.7 Å². The van der Waals surface area contributed by atoms with Crippen LogP contribution in [0.3, 0.4) is 0 Å². The summed E-state index contributed by atoms with van der Waals surface area (Å²) in [5, 5.41) is 13.2. The molecule has 1 unspecified atom stereocenters. The molecule has 1 atom stereocenters. The predicted octanol–water partition coefficient (Wildman–Crippen LogP) is 6.14. The molecule has 0 saturated heterocycles. The maximum atomic E-state index is 10.9. The molecule has 170 valence electrons. The molecule has 4 rings (SSSR count). The Bertz CT molecular complexity index is 1030. The van der Waals surface area contributed by atoms with E-state index in [0.29, 0.717) is 11.7 Å².